The van der Waals surface area contributed by atoms with Crippen LogP contribution < -0.4 is 16.4 Å². The summed E-state index contributed by atoms with van der Waals surface area (Å²) in [6.07, 6.45) is 3.20. The SMILES string of the molecule is NC(Cc1cnc[nH]1)C(=O)NC(CCC(=O)O)C(=O)NC(CS)C(=O)N1CCCC1C(=O)O. The predicted molar refractivity (Wildman–Crippen MR) is 117 cm³/mol. The average Bonchev–Trinajstić information content (AvgIpc) is 3.45. The number of likely N-dealkylation sites (tertiary alicyclic amines) is 1. The molecule has 182 valence electrons. The number of amides is 3. The van der Waals surface area contributed by atoms with E-state index in [2.05, 4.69) is 33.2 Å². The van der Waals surface area contributed by atoms with Crippen molar-refractivity contribution in [3.8, 4) is 0 Å². The lowest BCUT2D eigenvalue weighted by Crippen LogP contribution is -2.57. The molecule has 2 heterocycles. The molecule has 4 unspecified atom stereocenters. The molecule has 3 amide bonds. The van der Waals surface area contributed by atoms with Crippen molar-refractivity contribution in [2.45, 2.75) is 56.3 Å². The molecule has 0 aromatic carbocycles. The molecule has 13 nitrogen and oxygen atoms in total. The Bertz CT molecular complexity index is 865. The van der Waals surface area contributed by atoms with E-state index < -0.39 is 60.2 Å². The monoisotopic (exact) mass is 484 g/mol. The van der Waals surface area contributed by atoms with Crippen LogP contribution in [0, 0.1) is 0 Å². The second kappa shape index (κ2) is 12.2. The van der Waals surface area contributed by atoms with Crippen molar-refractivity contribution in [1.82, 2.24) is 25.5 Å². The molecule has 0 saturated carbocycles. The Labute approximate surface area is 194 Å². The molecule has 0 radical (unpaired) electrons. The van der Waals surface area contributed by atoms with Crippen molar-refractivity contribution in [3.63, 3.8) is 0 Å². The molecule has 1 fully saturated rings. The number of aromatic nitrogens is 2. The van der Waals surface area contributed by atoms with Gasteiger partial charge in [-0.1, -0.05) is 0 Å². The molecule has 4 atom stereocenters. The van der Waals surface area contributed by atoms with Crippen molar-refractivity contribution < 1.29 is 34.2 Å². The van der Waals surface area contributed by atoms with Gasteiger partial charge in [-0.05, 0) is 19.3 Å². The first-order valence-electron chi connectivity index (χ1n) is 10.3. The largest absolute Gasteiger partial charge is 0.481 e. The molecule has 1 aliphatic heterocycles. The number of hydrogen-bond acceptors (Lipinski definition) is 8. The van der Waals surface area contributed by atoms with Crippen molar-refractivity contribution >= 4 is 42.3 Å². The van der Waals surface area contributed by atoms with E-state index in [-0.39, 0.29) is 25.1 Å². The summed E-state index contributed by atoms with van der Waals surface area (Å²) in [5.41, 5.74) is 6.48. The number of aromatic amines is 1. The van der Waals surface area contributed by atoms with Gasteiger partial charge in [0.25, 0.3) is 0 Å². The van der Waals surface area contributed by atoms with Crippen LogP contribution in [0.3, 0.4) is 0 Å². The average molecular weight is 485 g/mol. The summed E-state index contributed by atoms with van der Waals surface area (Å²) in [5.74, 6) is -4.52. The van der Waals surface area contributed by atoms with E-state index in [4.69, 9.17) is 10.8 Å². The number of carbonyl (C=O) groups is 5. The maximum Gasteiger partial charge on any atom is 0.326 e. The van der Waals surface area contributed by atoms with E-state index in [1.807, 2.05) is 0 Å². The number of thiol groups is 1. The Kier molecular flexibility index (Phi) is 9.66. The molecule has 0 aliphatic carbocycles. The minimum absolute atomic E-state index is 0.113. The van der Waals surface area contributed by atoms with Gasteiger partial charge in [-0.2, -0.15) is 12.6 Å². The van der Waals surface area contributed by atoms with Crippen LogP contribution in [0.1, 0.15) is 31.4 Å². The first-order chi connectivity index (χ1) is 15.6. The zero-order valence-electron chi connectivity index (χ0n) is 17.8. The van der Waals surface area contributed by atoms with E-state index in [1.54, 1.807) is 0 Å². The normalized spacial score (nSPS) is 18.2. The van der Waals surface area contributed by atoms with Gasteiger partial charge >= 0.3 is 11.9 Å². The number of nitrogens with one attached hydrogen (secondary N) is 3. The van der Waals surface area contributed by atoms with Crippen molar-refractivity contribution in [2.24, 2.45) is 5.73 Å². The minimum atomic E-state index is -1.27. The number of imidazole rings is 1. The molecule has 33 heavy (non-hydrogen) atoms. The molecule has 0 bridgehead atoms. The molecule has 14 heteroatoms. The van der Waals surface area contributed by atoms with Gasteiger partial charge in [0.2, 0.25) is 17.7 Å². The van der Waals surface area contributed by atoms with Crippen molar-refractivity contribution in [3.05, 3.63) is 18.2 Å². The van der Waals surface area contributed by atoms with Gasteiger partial charge in [0.1, 0.15) is 18.1 Å². The topological polar surface area (TPSA) is 208 Å². The maximum absolute atomic E-state index is 12.8. The molecule has 1 aromatic rings. The van der Waals surface area contributed by atoms with E-state index in [0.717, 1.165) is 0 Å². The van der Waals surface area contributed by atoms with E-state index in [1.165, 1.54) is 17.4 Å². The Morgan fingerprint density at radius 3 is 2.48 bits per heavy atom. The second-order valence-corrected chi connectivity index (χ2v) is 8.02. The van der Waals surface area contributed by atoms with Gasteiger partial charge in [0, 0.05) is 37.0 Å². The molecule has 7 N–H and O–H groups in total. The van der Waals surface area contributed by atoms with Crippen LogP contribution in [0.15, 0.2) is 12.5 Å². The number of nitrogens with two attached hydrogens (primary N) is 1. The highest BCUT2D eigenvalue weighted by Gasteiger charge is 2.38. The summed E-state index contributed by atoms with van der Waals surface area (Å²) < 4.78 is 0. The highest BCUT2D eigenvalue weighted by atomic mass is 32.1. The summed E-state index contributed by atoms with van der Waals surface area (Å²) >= 11 is 4.09. The van der Waals surface area contributed by atoms with Crippen LogP contribution in [0.5, 0.6) is 0 Å². The van der Waals surface area contributed by atoms with E-state index in [0.29, 0.717) is 18.5 Å². The Balaban J connectivity index is 2.06. The number of hydrogen-bond donors (Lipinski definition) is 7. The fourth-order valence-electron chi connectivity index (χ4n) is 3.49. The molecule has 1 aliphatic rings. The predicted octanol–water partition coefficient (Wildman–Crippen LogP) is -1.88. The number of rotatable bonds is 12. The number of carbonyl (C=O) groups excluding carboxylic acids is 3. The van der Waals surface area contributed by atoms with Crippen LogP contribution in [-0.4, -0.2) is 91.2 Å². The summed E-state index contributed by atoms with van der Waals surface area (Å²) in [7, 11) is 0. The van der Waals surface area contributed by atoms with Crippen LogP contribution >= 0.6 is 12.6 Å². The lowest BCUT2D eigenvalue weighted by Gasteiger charge is -2.28. The Morgan fingerprint density at radius 2 is 1.91 bits per heavy atom. The quantitative estimate of drug-likeness (QED) is 0.165. The molecular weight excluding hydrogens is 456 g/mol. The maximum atomic E-state index is 12.8. The number of nitrogens with zero attached hydrogens (tertiary/aromatic N) is 2. The molecule has 1 saturated heterocycles. The highest BCUT2D eigenvalue weighted by molar-refractivity contribution is 7.80. The molecule has 0 spiro atoms. The van der Waals surface area contributed by atoms with Gasteiger partial charge in [0.05, 0.1) is 12.4 Å². The van der Waals surface area contributed by atoms with Gasteiger partial charge in [-0.3, -0.25) is 19.2 Å². The van der Waals surface area contributed by atoms with E-state index in [9.17, 15) is 29.1 Å². The highest BCUT2D eigenvalue weighted by Crippen LogP contribution is 2.19. The number of carboxylic acid groups (broad SMARTS) is 2. The summed E-state index contributed by atoms with van der Waals surface area (Å²) in [5, 5.41) is 23.2. The summed E-state index contributed by atoms with van der Waals surface area (Å²) in [6, 6.07) is -4.44. The third kappa shape index (κ3) is 7.46. The first kappa shape index (κ1) is 26.1. The molecular formula is C19H28N6O7S. The van der Waals surface area contributed by atoms with Gasteiger partial charge in [0.15, 0.2) is 0 Å². The van der Waals surface area contributed by atoms with E-state index >= 15 is 0 Å². The Hall–Kier alpha value is -3.13. The standard InChI is InChI=1S/C19H28N6O7S/c20-11(6-10-7-21-9-22-10)16(28)23-12(3-4-15(26)27)17(29)24-13(8-33)18(30)25-5-1-2-14(25)19(31)32/h7,9,11-14,33H,1-6,8,20H2,(H,21,22)(H,23,28)(H,24,29)(H,26,27)(H,31,32). The van der Waals surface area contributed by atoms with Gasteiger partial charge in [-0.25, -0.2) is 9.78 Å². The zero-order valence-corrected chi connectivity index (χ0v) is 18.7. The third-order valence-corrected chi connectivity index (χ3v) is 5.59. The number of H-pyrrole nitrogens is 1. The number of aliphatic carboxylic acids is 2. The fraction of sp³-hybridized carbons (Fsp3) is 0.579. The van der Waals surface area contributed by atoms with Crippen LogP contribution in [0.4, 0.5) is 0 Å². The zero-order chi connectivity index (χ0) is 24.5. The molecule has 2 rings (SSSR count). The second-order valence-electron chi connectivity index (χ2n) is 7.65. The van der Waals surface area contributed by atoms with Crippen LogP contribution in [0.25, 0.3) is 0 Å². The van der Waals surface area contributed by atoms with Crippen LogP contribution in [-0.2, 0) is 30.4 Å². The first-order valence-corrected chi connectivity index (χ1v) is 11.0. The van der Waals surface area contributed by atoms with Crippen molar-refractivity contribution in [1.29, 1.82) is 0 Å². The minimum Gasteiger partial charge on any atom is -0.481 e. The van der Waals surface area contributed by atoms with Gasteiger partial charge in [-0.15, -0.1) is 0 Å². The number of carboxylic acids is 2. The van der Waals surface area contributed by atoms with Crippen molar-refractivity contribution in [2.75, 3.05) is 12.3 Å². The van der Waals surface area contributed by atoms with Crippen LogP contribution in [0.2, 0.25) is 0 Å². The Morgan fingerprint density at radius 1 is 1.21 bits per heavy atom. The third-order valence-electron chi connectivity index (χ3n) is 5.23. The molecule has 1 aromatic heterocycles. The lowest BCUT2D eigenvalue weighted by atomic mass is 10.1. The summed E-state index contributed by atoms with van der Waals surface area (Å²) in [6.45, 7) is 0.234. The van der Waals surface area contributed by atoms with Gasteiger partial charge < -0.3 is 36.5 Å². The fourth-order valence-corrected chi connectivity index (χ4v) is 3.73. The smallest absolute Gasteiger partial charge is 0.326 e. The lowest BCUT2D eigenvalue weighted by molar-refractivity contribution is -0.149. The summed E-state index contributed by atoms with van der Waals surface area (Å²) in [4.78, 5) is 68.3.